The number of likely N-dealkylation sites (N-methyl/N-ethyl adjacent to an activating group) is 1. The van der Waals surface area contributed by atoms with Crippen LogP contribution in [-0.4, -0.2) is 84.5 Å². The van der Waals surface area contributed by atoms with Gasteiger partial charge in [0.2, 0.25) is 17.7 Å². The van der Waals surface area contributed by atoms with E-state index in [1.165, 1.54) is 0 Å². The fraction of sp³-hybridized carbons (Fsp3) is 0.571. The molecule has 1 aliphatic carbocycles. The average Bonchev–Trinajstić information content (AvgIpc) is 3.40. The molecule has 5 atom stereocenters. The van der Waals surface area contributed by atoms with Gasteiger partial charge in [0.25, 0.3) is 0 Å². The quantitative estimate of drug-likeness (QED) is 0.313. The predicted molar refractivity (Wildman–Crippen MR) is 173 cm³/mol. The van der Waals surface area contributed by atoms with E-state index in [0.29, 0.717) is 44.7 Å². The van der Waals surface area contributed by atoms with Gasteiger partial charge in [-0.25, -0.2) is 0 Å². The number of nitrogens with zero attached hydrogens (tertiary/aromatic N) is 2. The number of amides is 3. The second-order valence-corrected chi connectivity index (χ2v) is 12.2. The van der Waals surface area contributed by atoms with Crippen molar-refractivity contribution in [2.45, 2.75) is 95.4 Å². The number of rotatable bonds is 11. The van der Waals surface area contributed by atoms with Crippen LogP contribution in [0, 0.1) is 18.3 Å². The number of fused-ring (bicyclic) bond motifs is 1. The van der Waals surface area contributed by atoms with Crippen molar-refractivity contribution in [2.24, 2.45) is 5.92 Å². The number of hydrogen-bond donors (Lipinski definition) is 3. The average molecular weight is 604 g/mol. The molecule has 0 spiro atoms. The number of carbonyl (C=O) groups excluding carboxylic acids is 3. The summed E-state index contributed by atoms with van der Waals surface area (Å²) < 4.78 is 5.75. The van der Waals surface area contributed by atoms with Gasteiger partial charge in [-0.3, -0.25) is 14.4 Å². The topological polar surface area (TPSA) is 103 Å². The zero-order valence-corrected chi connectivity index (χ0v) is 26.6. The van der Waals surface area contributed by atoms with Crippen molar-refractivity contribution in [3.05, 3.63) is 60.1 Å². The third kappa shape index (κ3) is 7.13. The Morgan fingerprint density at radius 3 is 2.52 bits per heavy atom. The van der Waals surface area contributed by atoms with Crippen molar-refractivity contribution in [1.29, 1.82) is 0 Å². The van der Waals surface area contributed by atoms with E-state index >= 15 is 0 Å². The van der Waals surface area contributed by atoms with Crippen LogP contribution in [-0.2, 0) is 19.1 Å². The van der Waals surface area contributed by atoms with Crippen molar-refractivity contribution in [1.82, 2.24) is 25.8 Å². The molecule has 0 aromatic carbocycles. The molecule has 0 aromatic heterocycles. The Labute approximate surface area is 262 Å². The summed E-state index contributed by atoms with van der Waals surface area (Å²) in [5, 5.41) is 9.41. The summed E-state index contributed by atoms with van der Waals surface area (Å²) >= 11 is 0. The Balaban J connectivity index is 1.67. The van der Waals surface area contributed by atoms with Gasteiger partial charge in [0.15, 0.2) is 0 Å². The third-order valence-corrected chi connectivity index (χ3v) is 9.65. The van der Waals surface area contributed by atoms with Crippen molar-refractivity contribution < 1.29 is 19.1 Å². The SMILES string of the molecule is C#C/C=C\C1=C(C)OCC[C@H]1NC(=O)[C@@H]1CN2C(C=C)=C(C=C)CC2CN1C(=O)C(NC(=O)[C@H](CC)NC)C1CCCCC1. The number of carbonyl (C=O) groups is 3. The van der Waals surface area contributed by atoms with Crippen molar-refractivity contribution in [2.75, 3.05) is 26.7 Å². The summed E-state index contributed by atoms with van der Waals surface area (Å²) in [5.74, 6) is 2.64. The number of piperazine rings is 1. The van der Waals surface area contributed by atoms with Gasteiger partial charge in [-0.15, -0.1) is 6.42 Å². The minimum atomic E-state index is -0.770. The Hall–Kier alpha value is -3.77. The third-order valence-electron chi connectivity index (χ3n) is 9.65. The number of terminal acetylenes is 1. The highest BCUT2D eigenvalue weighted by Crippen LogP contribution is 2.36. The molecule has 238 valence electrons. The molecule has 44 heavy (non-hydrogen) atoms. The minimum Gasteiger partial charge on any atom is -0.498 e. The van der Waals surface area contributed by atoms with Crippen LogP contribution in [0.15, 0.2) is 60.1 Å². The maximum absolute atomic E-state index is 14.7. The van der Waals surface area contributed by atoms with Gasteiger partial charge < -0.3 is 30.5 Å². The van der Waals surface area contributed by atoms with Gasteiger partial charge in [0, 0.05) is 30.8 Å². The normalized spacial score (nSPS) is 25.5. The molecule has 9 nitrogen and oxygen atoms in total. The molecule has 1 saturated carbocycles. The first kappa shape index (κ1) is 33.1. The van der Waals surface area contributed by atoms with E-state index in [1.54, 1.807) is 24.1 Å². The van der Waals surface area contributed by atoms with Gasteiger partial charge in [0.05, 0.1) is 30.5 Å². The first-order valence-corrected chi connectivity index (χ1v) is 16.1. The highest BCUT2D eigenvalue weighted by atomic mass is 16.5. The molecule has 3 N–H and O–H groups in total. The number of nitrogens with one attached hydrogen (secondary N) is 3. The maximum atomic E-state index is 14.7. The van der Waals surface area contributed by atoms with Gasteiger partial charge >= 0.3 is 0 Å². The molecule has 0 aromatic rings. The Kier molecular flexibility index (Phi) is 11.5. The summed E-state index contributed by atoms with van der Waals surface area (Å²) in [6.07, 6.45) is 19.3. The summed E-state index contributed by atoms with van der Waals surface area (Å²) in [6, 6.07) is -2.17. The second kappa shape index (κ2) is 15.3. The monoisotopic (exact) mass is 603 g/mol. The van der Waals surface area contributed by atoms with Crippen LogP contribution in [0.1, 0.15) is 65.2 Å². The number of hydrogen-bond acceptors (Lipinski definition) is 6. The fourth-order valence-corrected chi connectivity index (χ4v) is 7.21. The molecule has 4 rings (SSSR count). The predicted octanol–water partition coefficient (Wildman–Crippen LogP) is 3.33. The van der Waals surface area contributed by atoms with Crippen LogP contribution >= 0.6 is 0 Å². The minimum absolute atomic E-state index is 0.00764. The van der Waals surface area contributed by atoms with E-state index in [0.717, 1.165) is 48.9 Å². The van der Waals surface area contributed by atoms with E-state index in [-0.39, 0.29) is 35.7 Å². The van der Waals surface area contributed by atoms with Gasteiger partial charge in [0.1, 0.15) is 12.1 Å². The molecular weight excluding hydrogens is 554 g/mol. The van der Waals surface area contributed by atoms with Crippen LogP contribution in [0.3, 0.4) is 0 Å². The fourth-order valence-electron chi connectivity index (χ4n) is 7.21. The molecule has 0 bridgehead atoms. The smallest absolute Gasteiger partial charge is 0.246 e. The van der Waals surface area contributed by atoms with Crippen molar-refractivity contribution >= 4 is 17.7 Å². The van der Waals surface area contributed by atoms with E-state index in [1.807, 2.05) is 26.0 Å². The van der Waals surface area contributed by atoms with E-state index < -0.39 is 18.1 Å². The van der Waals surface area contributed by atoms with E-state index in [2.05, 4.69) is 39.9 Å². The molecule has 3 amide bonds. The van der Waals surface area contributed by atoms with Crippen molar-refractivity contribution in [3.8, 4) is 12.3 Å². The molecule has 3 heterocycles. The summed E-state index contributed by atoms with van der Waals surface area (Å²) in [4.78, 5) is 46.2. The lowest BCUT2D eigenvalue weighted by molar-refractivity contribution is -0.149. The summed E-state index contributed by atoms with van der Waals surface area (Å²) in [6.45, 7) is 13.0. The van der Waals surface area contributed by atoms with Gasteiger partial charge in [-0.1, -0.05) is 51.3 Å². The molecule has 0 radical (unpaired) electrons. The maximum Gasteiger partial charge on any atom is 0.246 e. The van der Waals surface area contributed by atoms with Gasteiger partial charge in [-0.2, -0.15) is 0 Å². The van der Waals surface area contributed by atoms with Crippen LogP contribution < -0.4 is 16.0 Å². The van der Waals surface area contributed by atoms with Crippen LogP contribution in [0.25, 0.3) is 0 Å². The van der Waals surface area contributed by atoms with E-state index in [4.69, 9.17) is 11.2 Å². The molecule has 1 saturated heterocycles. The molecule has 2 fully saturated rings. The largest absolute Gasteiger partial charge is 0.498 e. The van der Waals surface area contributed by atoms with Crippen LogP contribution in [0.2, 0.25) is 0 Å². The lowest BCUT2D eigenvalue weighted by atomic mass is 9.82. The zero-order valence-electron chi connectivity index (χ0n) is 26.6. The Morgan fingerprint density at radius 2 is 1.89 bits per heavy atom. The Bertz CT molecular complexity index is 1250. The molecule has 9 heteroatoms. The van der Waals surface area contributed by atoms with Gasteiger partial charge in [-0.05, 0) is 69.4 Å². The first-order valence-electron chi connectivity index (χ1n) is 16.1. The summed E-state index contributed by atoms with van der Waals surface area (Å²) in [5.41, 5.74) is 2.83. The van der Waals surface area contributed by atoms with Crippen molar-refractivity contribution in [3.63, 3.8) is 0 Å². The first-order chi connectivity index (χ1) is 21.3. The second-order valence-electron chi connectivity index (χ2n) is 12.2. The van der Waals surface area contributed by atoms with E-state index in [9.17, 15) is 14.4 Å². The highest BCUT2D eigenvalue weighted by Gasteiger charge is 2.47. The standard InChI is InChI=1S/C35H49N5O4/c1-7-11-17-27-23(5)44-19-18-29(27)37-34(42)31-22-39-26(20-24(8-2)30(39)10-4)21-40(31)35(43)32(25-15-13-12-14-16-25)38-33(41)28(9-3)36-6/h1,8,10-11,17,25-26,28-29,31-32,36H,2,4,9,12-16,18-22H2,3,5-6H3,(H,37,42)(H,38,41)/b17-11-/t26?,28-,29+,31-,32?/m0/s1. The number of ether oxygens (including phenoxy) is 1. The summed E-state index contributed by atoms with van der Waals surface area (Å²) in [7, 11) is 1.76. The van der Waals surface area contributed by atoms with Crippen LogP contribution in [0.5, 0.6) is 0 Å². The molecular formula is C35H49N5O4. The number of allylic oxidation sites excluding steroid dienone is 4. The highest BCUT2D eigenvalue weighted by molar-refractivity contribution is 5.94. The molecule has 3 aliphatic heterocycles. The lowest BCUT2D eigenvalue weighted by Gasteiger charge is -2.46. The van der Waals surface area contributed by atoms with Crippen LogP contribution in [0.4, 0.5) is 0 Å². The zero-order chi connectivity index (χ0) is 31.8. The Morgan fingerprint density at radius 1 is 1.14 bits per heavy atom. The molecule has 4 aliphatic rings. The lowest BCUT2D eigenvalue weighted by Crippen LogP contribution is -2.67. The molecule has 2 unspecified atom stereocenters.